The Morgan fingerprint density at radius 2 is 1.89 bits per heavy atom. The van der Waals surface area contributed by atoms with Gasteiger partial charge >= 0.3 is 5.95 Å². The van der Waals surface area contributed by atoms with Gasteiger partial charge in [-0.05, 0) is 30.7 Å². The maximum absolute atomic E-state index is 12.9. The molecular formula is C20H17N4O3+. The number of Topliss-reactive ketones (excluding diaryl/α,β-unsaturated/α-hetero) is 1. The lowest BCUT2D eigenvalue weighted by Gasteiger charge is -2.32. The third-order valence-electron chi connectivity index (χ3n) is 5.40. The second kappa shape index (κ2) is 5.77. The molecule has 2 unspecified atom stereocenters. The summed E-state index contributed by atoms with van der Waals surface area (Å²) in [4.78, 5) is 27.6. The summed E-state index contributed by atoms with van der Waals surface area (Å²) in [5, 5.41) is 15.0. The molecule has 1 aliphatic carbocycles. The van der Waals surface area contributed by atoms with Crippen molar-refractivity contribution in [3.05, 3.63) is 76.0 Å². The molecule has 0 bridgehead atoms. The number of fused-ring (bicyclic) bond motifs is 4. The van der Waals surface area contributed by atoms with E-state index in [2.05, 4.69) is 10.3 Å². The van der Waals surface area contributed by atoms with E-state index in [-0.39, 0.29) is 16.4 Å². The van der Waals surface area contributed by atoms with Crippen molar-refractivity contribution in [2.75, 3.05) is 5.32 Å². The Balaban J connectivity index is 1.84. The molecule has 2 aromatic carbocycles. The number of nitrogens with one attached hydrogen (secondary N) is 2. The van der Waals surface area contributed by atoms with Crippen LogP contribution in [0.15, 0.2) is 60.3 Å². The van der Waals surface area contributed by atoms with Gasteiger partial charge < -0.3 is 0 Å². The smallest absolute Gasteiger partial charge is 0.299 e. The number of aromatic nitrogens is 2. The van der Waals surface area contributed by atoms with Gasteiger partial charge in [0.05, 0.1) is 16.2 Å². The number of anilines is 1. The van der Waals surface area contributed by atoms with E-state index in [0.29, 0.717) is 18.4 Å². The first kappa shape index (κ1) is 15.7. The fraction of sp³-hybridized carbons (Fsp3) is 0.200. The highest BCUT2D eigenvalue weighted by atomic mass is 16.6. The number of imidazole rings is 1. The Morgan fingerprint density at radius 1 is 1.11 bits per heavy atom. The van der Waals surface area contributed by atoms with Crippen molar-refractivity contribution in [2.45, 2.75) is 18.9 Å². The zero-order chi connectivity index (χ0) is 18.5. The average Bonchev–Trinajstić information content (AvgIpc) is 3.04. The number of rotatable bonds is 2. The zero-order valence-electron chi connectivity index (χ0n) is 14.4. The number of hydrogen-bond acceptors (Lipinski definition) is 4. The molecule has 27 heavy (non-hydrogen) atoms. The van der Waals surface area contributed by atoms with Gasteiger partial charge in [0.15, 0.2) is 0 Å². The number of allylic oxidation sites excluding steroid dienone is 2. The summed E-state index contributed by atoms with van der Waals surface area (Å²) in [6.45, 7) is 0. The van der Waals surface area contributed by atoms with Crippen LogP contribution in [-0.4, -0.2) is 15.7 Å². The number of nitro benzene ring substituents is 1. The standard InChI is InChI=1S/C20H16N4O3/c25-17-11-5-8-14-18(17)19(12-6-1-3-9-15(12)24(26)27)23-16-10-4-2-7-13(16)21-20(23)22-14/h1-4,6-10,18-19H,5,11H2,(H,21,22)/p+1. The Hall–Kier alpha value is -3.48. The summed E-state index contributed by atoms with van der Waals surface area (Å²) in [5.74, 6) is 0.375. The van der Waals surface area contributed by atoms with E-state index in [1.165, 1.54) is 6.07 Å². The molecule has 3 aromatic rings. The Bertz CT molecular complexity index is 1130. The lowest BCUT2D eigenvalue weighted by atomic mass is 9.80. The molecule has 134 valence electrons. The summed E-state index contributed by atoms with van der Waals surface area (Å²) in [6, 6.07) is 14.0. The second-order valence-electron chi connectivity index (χ2n) is 6.89. The number of aromatic amines is 1. The Labute approximate surface area is 154 Å². The fourth-order valence-corrected chi connectivity index (χ4v) is 4.29. The zero-order valence-corrected chi connectivity index (χ0v) is 14.4. The SMILES string of the molecule is O=C1CCC=C2Nc3[nH]c4ccccc4[n+]3C(c3ccccc3[N+](=O)[O-])C12. The molecule has 0 amide bonds. The molecule has 5 rings (SSSR count). The lowest BCUT2D eigenvalue weighted by molar-refractivity contribution is -0.682. The van der Waals surface area contributed by atoms with E-state index in [0.717, 1.165) is 22.7 Å². The third kappa shape index (κ3) is 2.28. The number of ketones is 1. The number of H-pyrrole nitrogens is 1. The Kier molecular flexibility index (Phi) is 3.36. The van der Waals surface area contributed by atoms with E-state index in [1.54, 1.807) is 18.2 Å². The molecule has 0 saturated carbocycles. The van der Waals surface area contributed by atoms with Crippen LogP contribution in [0.3, 0.4) is 0 Å². The first-order valence-electron chi connectivity index (χ1n) is 8.90. The second-order valence-corrected chi connectivity index (χ2v) is 6.89. The van der Waals surface area contributed by atoms with Gasteiger partial charge in [0, 0.05) is 12.5 Å². The molecule has 1 aliphatic heterocycles. The van der Waals surface area contributed by atoms with Crippen LogP contribution < -0.4 is 9.88 Å². The van der Waals surface area contributed by atoms with Crippen LogP contribution in [-0.2, 0) is 4.79 Å². The van der Waals surface area contributed by atoms with Crippen LogP contribution in [0.4, 0.5) is 11.6 Å². The predicted molar refractivity (Wildman–Crippen MR) is 99.2 cm³/mol. The number of nitro groups is 1. The molecule has 0 radical (unpaired) electrons. The van der Waals surface area contributed by atoms with Gasteiger partial charge in [0.25, 0.3) is 5.69 Å². The minimum atomic E-state index is -0.474. The molecule has 2 N–H and O–H groups in total. The summed E-state index contributed by atoms with van der Waals surface area (Å²) in [7, 11) is 0. The number of benzene rings is 2. The van der Waals surface area contributed by atoms with Crippen LogP contribution in [0, 0.1) is 16.0 Å². The van der Waals surface area contributed by atoms with E-state index in [4.69, 9.17) is 0 Å². The average molecular weight is 361 g/mol. The van der Waals surface area contributed by atoms with Gasteiger partial charge in [0.1, 0.15) is 28.8 Å². The van der Waals surface area contributed by atoms with E-state index < -0.39 is 12.0 Å². The third-order valence-corrected chi connectivity index (χ3v) is 5.40. The van der Waals surface area contributed by atoms with Gasteiger partial charge in [-0.3, -0.25) is 14.9 Å². The molecule has 0 fully saturated rings. The molecule has 2 heterocycles. The molecule has 7 nitrogen and oxygen atoms in total. The topological polar surface area (TPSA) is 91.9 Å². The van der Waals surface area contributed by atoms with Crippen molar-refractivity contribution in [1.82, 2.24) is 4.98 Å². The molecule has 7 heteroatoms. The van der Waals surface area contributed by atoms with E-state index >= 15 is 0 Å². The van der Waals surface area contributed by atoms with Gasteiger partial charge in [-0.15, -0.1) is 0 Å². The molecular weight excluding hydrogens is 344 g/mol. The number of carbonyl (C=O) groups excluding carboxylic acids is 1. The van der Waals surface area contributed by atoms with Crippen molar-refractivity contribution in [3.8, 4) is 0 Å². The van der Waals surface area contributed by atoms with Crippen LogP contribution in [0.5, 0.6) is 0 Å². The quantitative estimate of drug-likeness (QED) is 0.416. The number of carbonyl (C=O) groups is 1. The predicted octanol–water partition coefficient (Wildman–Crippen LogP) is 3.24. The van der Waals surface area contributed by atoms with Gasteiger partial charge in [-0.25, -0.2) is 14.9 Å². The summed E-state index contributed by atoms with van der Waals surface area (Å²) in [5.41, 5.74) is 3.22. The lowest BCUT2D eigenvalue weighted by Crippen LogP contribution is -2.53. The van der Waals surface area contributed by atoms with E-state index in [1.807, 2.05) is 34.9 Å². The number of nitrogens with zero attached hydrogens (tertiary/aromatic N) is 2. The highest BCUT2D eigenvalue weighted by Crippen LogP contribution is 2.41. The largest absolute Gasteiger partial charge is 0.361 e. The molecule has 2 aliphatic rings. The fourth-order valence-electron chi connectivity index (χ4n) is 4.29. The summed E-state index contributed by atoms with van der Waals surface area (Å²) in [6.07, 6.45) is 3.16. The molecule has 2 atom stereocenters. The number of hydrogen-bond donors (Lipinski definition) is 2. The maximum atomic E-state index is 12.9. The summed E-state index contributed by atoms with van der Waals surface area (Å²) < 4.78 is 1.99. The maximum Gasteiger partial charge on any atom is 0.361 e. The van der Waals surface area contributed by atoms with E-state index in [9.17, 15) is 14.9 Å². The van der Waals surface area contributed by atoms with Crippen molar-refractivity contribution < 1.29 is 14.3 Å². The van der Waals surface area contributed by atoms with Crippen LogP contribution in [0.25, 0.3) is 11.0 Å². The van der Waals surface area contributed by atoms with Crippen molar-refractivity contribution in [3.63, 3.8) is 0 Å². The van der Waals surface area contributed by atoms with Gasteiger partial charge in [-0.1, -0.05) is 24.3 Å². The van der Waals surface area contributed by atoms with Crippen LogP contribution >= 0.6 is 0 Å². The highest BCUT2D eigenvalue weighted by Gasteiger charge is 2.47. The van der Waals surface area contributed by atoms with Gasteiger partial charge in [0.2, 0.25) is 0 Å². The Morgan fingerprint density at radius 3 is 2.74 bits per heavy atom. The van der Waals surface area contributed by atoms with Crippen molar-refractivity contribution >= 4 is 28.5 Å². The molecule has 0 spiro atoms. The van der Waals surface area contributed by atoms with Crippen LogP contribution in [0.1, 0.15) is 24.4 Å². The highest BCUT2D eigenvalue weighted by molar-refractivity contribution is 5.87. The minimum absolute atomic E-state index is 0.0332. The first-order valence-corrected chi connectivity index (χ1v) is 8.90. The van der Waals surface area contributed by atoms with Crippen molar-refractivity contribution in [1.29, 1.82) is 0 Å². The molecule has 0 saturated heterocycles. The number of para-hydroxylation sites is 3. The molecule has 1 aromatic heterocycles. The van der Waals surface area contributed by atoms with Crippen molar-refractivity contribution in [2.24, 2.45) is 5.92 Å². The first-order chi connectivity index (χ1) is 13.1. The normalized spacial score (nSPS) is 21.2. The monoisotopic (exact) mass is 361 g/mol. The van der Waals surface area contributed by atoms with Gasteiger partial charge in [-0.2, -0.15) is 0 Å². The summed E-state index contributed by atoms with van der Waals surface area (Å²) >= 11 is 0. The minimum Gasteiger partial charge on any atom is -0.299 e. The van der Waals surface area contributed by atoms with Crippen LogP contribution in [0.2, 0.25) is 0 Å².